The molecule has 0 radical (unpaired) electrons. The molecular formula is C14H13BrClFN2. The largest absolute Gasteiger partial charge is 0.311 e. The van der Waals surface area contributed by atoms with Gasteiger partial charge in [-0.05, 0) is 43.3 Å². The maximum absolute atomic E-state index is 13.1. The molecule has 1 N–H and O–H groups in total. The highest BCUT2D eigenvalue weighted by Crippen LogP contribution is 2.27. The number of rotatable bonds is 4. The van der Waals surface area contributed by atoms with Gasteiger partial charge in [0.25, 0.3) is 0 Å². The third kappa shape index (κ3) is 3.53. The maximum Gasteiger partial charge on any atom is 0.124 e. The van der Waals surface area contributed by atoms with Crippen LogP contribution in [0.5, 0.6) is 0 Å². The van der Waals surface area contributed by atoms with Crippen LogP contribution in [0.1, 0.15) is 17.3 Å². The van der Waals surface area contributed by atoms with Crippen molar-refractivity contribution in [2.24, 2.45) is 0 Å². The SMILES string of the molecule is CNC(Cc1ccc(F)cc1Br)c1ncccc1Cl. The second kappa shape index (κ2) is 6.46. The number of nitrogens with zero attached hydrogens (tertiary/aromatic N) is 1. The summed E-state index contributed by atoms with van der Waals surface area (Å²) in [6.07, 6.45) is 2.39. The van der Waals surface area contributed by atoms with Crippen molar-refractivity contribution in [2.75, 3.05) is 7.05 Å². The summed E-state index contributed by atoms with van der Waals surface area (Å²) in [5.41, 5.74) is 1.80. The van der Waals surface area contributed by atoms with Crippen molar-refractivity contribution in [3.05, 3.63) is 63.1 Å². The number of hydrogen-bond donors (Lipinski definition) is 1. The van der Waals surface area contributed by atoms with Crippen molar-refractivity contribution < 1.29 is 4.39 Å². The van der Waals surface area contributed by atoms with Gasteiger partial charge in [-0.2, -0.15) is 0 Å². The van der Waals surface area contributed by atoms with E-state index in [0.717, 1.165) is 15.7 Å². The van der Waals surface area contributed by atoms with Gasteiger partial charge in [-0.1, -0.05) is 33.6 Å². The highest BCUT2D eigenvalue weighted by Gasteiger charge is 2.16. The van der Waals surface area contributed by atoms with Crippen molar-refractivity contribution >= 4 is 27.5 Å². The molecule has 1 atom stereocenters. The van der Waals surface area contributed by atoms with Crippen molar-refractivity contribution in [1.29, 1.82) is 0 Å². The summed E-state index contributed by atoms with van der Waals surface area (Å²) in [6, 6.07) is 8.27. The van der Waals surface area contributed by atoms with Crippen molar-refractivity contribution in [2.45, 2.75) is 12.5 Å². The van der Waals surface area contributed by atoms with Gasteiger partial charge in [0, 0.05) is 10.7 Å². The predicted octanol–water partition coefficient (Wildman–Crippen LogP) is 4.14. The Morgan fingerprint density at radius 2 is 2.21 bits per heavy atom. The zero-order chi connectivity index (χ0) is 13.8. The summed E-state index contributed by atoms with van der Waals surface area (Å²) in [7, 11) is 1.85. The predicted molar refractivity (Wildman–Crippen MR) is 78.9 cm³/mol. The molecular weight excluding hydrogens is 331 g/mol. The Hall–Kier alpha value is -0.970. The first-order chi connectivity index (χ1) is 9.11. The van der Waals surface area contributed by atoms with Crippen LogP contribution >= 0.6 is 27.5 Å². The van der Waals surface area contributed by atoms with E-state index in [-0.39, 0.29) is 11.9 Å². The summed E-state index contributed by atoms with van der Waals surface area (Å²) < 4.78 is 13.8. The second-order valence-corrected chi connectivity index (χ2v) is 5.41. The molecule has 0 spiro atoms. The summed E-state index contributed by atoms with van der Waals surface area (Å²) in [4.78, 5) is 4.31. The third-order valence-electron chi connectivity index (χ3n) is 2.90. The van der Waals surface area contributed by atoms with E-state index in [9.17, 15) is 4.39 Å². The quantitative estimate of drug-likeness (QED) is 0.902. The fourth-order valence-electron chi connectivity index (χ4n) is 1.90. The van der Waals surface area contributed by atoms with E-state index in [4.69, 9.17) is 11.6 Å². The number of benzene rings is 1. The third-order valence-corrected chi connectivity index (χ3v) is 3.96. The molecule has 100 valence electrons. The van der Waals surface area contributed by atoms with Crippen LogP contribution in [0.25, 0.3) is 0 Å². The Labute approximate surface area is 125 Å². The zero-order valence-corrected chi connectivity index (χ0v) is 12.7. The van der Waals surface area contributed by atoms with Gasteiger partial charge in [-0.25, -0.2) is 4.39 Å². The van der Waals surface area contributed by atoms with E-state index in [1.807, 2.05) is 13.1 Å². The van der Waals surface area contributed by atoms with Crippen LogP contribution in [0.2, 0.25) is 5.02 Å². The lowest BCUT2D eigenvalue weighted by Crippen LogP contribution is -2.20. The number of hydrogen-bond acceptors (Lipinski definition) is 2. The molecule has 0 aliphatic heterocycles. The highest BCUT2D eigenvalue weighted by molar-refractivity contribution is 9.10. The molecule has 0 aliphatic carbocycles. The molecule has 0 bridgehead atoms. The van der Waals surface area contributed by atoms with E-state index >= 15 is 0 Å². The molecule has 2 nitrogen and oxygen atoms in total. The molecule has 0 saturated carbocycles. The zero-order valence-electron chi connectivity index (χ0n) is 10.3. The average molecular weight is 344 g/mol. The Bertz CT molecular complexity index is 577. The first kappa shape index (κ1) is 14.4. The second-order valence-electron chi connectivity index (χ2n) is 4.15. The smallest absolute Gasteiger partial charge is 0.124 e. The molecule has 1 heterocycles. The molecule has 0 fully saturated rings. The van der Waals surface area contributed by atoms with E-state index in [1.54, 1.807) is 18.3 Å². The van der Waals surface area contributed by atoms with Crippen LogP contribution in [0, 0.1) is 5.82 Å². The van der Waals surface area contributed by atoms with Gasteiger partial charge in [0.2, 0.25) is 0 Å². The molecule has 19 heavy (non-hydrogen) atoms. The minimum Gasteiger partial charge on any atom is -0.311 e. The monoisotopic (exact) mass is 342 g/mol. The van der Waals surface area contributed by atoms with Crippen molar-refractivity contribution in [1.82, 2.24) is 10.3 Å². The number of halogens is 3. The molecule has 2 aromatic rings. The van der Waals surface area contributed by atoms with E-state index < -0.39 is 0 Å². The number of pyridine rings is 1. The van der Waals surface area contributed by atoms with E-state index in [1.165, 1.54) is 12.1 Å². The van der Waals surface area contributed by atoms with Crippen LogP contribution in [0.3, 0.4) is 0 Å². The van der Waals surface area contributed by atoms with E-state index in [0.29, 0.717) is 11.4 Å². The molecule has 1 aromatic carbocycles. The lowest BCUT2D eigenvalue weighted by atomic mass is 10.0. The van der Waals surface area contributed by atoms with Crippen LogP contribution in [-0.4, -0.2) is 12.0 Å². The Morgan fingerprint density at radius 3 is 2.84 bits per heavy atom. The molecule has 1 unspecified atom stereocenters. The van der Waals surface area contributed by atoms with Crippen LogP contribution in [-0.2, 0) is 6.42 Å². The van der Waals surface area contributed by atoms with Crippen LogP contribution in [0.15, 0.2) is 41.0 Å². The number of likely N-dealkylation sites (N-methyl/N-ethyl adjacent to an activating group) is 1. The molecule has 0 saturated heterocycles. The normalized spacial score (nSPS) is 12.4. The average Bonchev–Trinajstić information content (AvgIpc) is 2.39. The Kier molecular flexibility index (Phi) is 4.91. The topological polar surface area (TPSA) is 24.9 Å². The van der Waals surface area contributed by atoms with Gasteiger partial charge in [0.1, 0.15) is 5.82 Å². The van der Waals surface area contributed by atoms with Gasteiger partial charge >= 0.3 is 0 Å². The molecule has 1 aromatic heterocycles. The molecule has 2 rings (SSSR count). The van der Waals surface area contributed by atoms with E-state index in [2.05, 4.69) is 26.2 Å². The minimum absolute atomic E-state index is 0.0181. The molecule has 5 heteroatoms. The maximum atomic E-state index is 13.1. The summed E-state index contributed by atoms with van der Waals surface area (Å²) >= 11 is 9.53. The van der Waals surface area contributed by atoms with Crippen molar-refractivity contribution in [3.8, 4) is 0 Å². The molecule has 0 amide bonds. The van der Waals surface area contributed by atoms with Crippen LogP contribution < -0.4 is 5.32 Å². The number of nitrogens with one attached hydrogen (secondary N) is 1. The Balaban J connectivity index is 2.27. The summed E-state index contributed by atoms with van der Waals surface area (Å²) in [5.74, 6) is -0.257. The number of aromatic nitrogens is 1. The van der Waals surface area contributed by atoms with Gasteiger partial charge < -0.3 is 5.32 Å². The highest BCUT2D eigenvalue weighted by atomic mass is 79.9. The van der Waals surface area contributed by atoms with Gasteiger partial charge in [0.15, 0.2) is 0 Å². The fourth-order valence-corrected chi connectivity index (χ4v) is 2.66. The summed E-state index contributed by atoms with van der Waals surface area (Å²) in [6.45, 7) is 0. The Morgan fingerprint density at radius 1 is 1.42 bits per heavy atom. The van der Waals surface area contributed by atoms with Crippen molar-refractivity contribution in [3.63, 3.8) is 0 Å². The first-order valence-electron chi connectivity index (χ1n) is 5.83. The van der Waals surface area contributed by atoms with Gasteiger partial charge in [-0.3, -0.25) is 4.98 Å². The first-order valence-corrected chi connectivity index (χ1v) is 7.00. The van der Waals surface area contributed by atoms with Gasteiger partial charge in [-0.15, -0.1) is 0 Å². The minimum atomic E-state index is -0.257. The lowest BCUT2D eigenvalue weighted by molar-refractivity contribution is 0.573. The van der Waals surface area contributed by atoms with Gasteiger partial charge in [0.05, 0.1) is 16.8 Å². The standard InChI is InChI=1S/C14H13BrClFN2/c1-18-13(14-12(16)3-2-6-19-14)7-9-4-5-10(17)8-11(9)15/h2-6,8,13,18H,7H2,1H3. The summed E-state index contributed by atoms with van der Waals surface area (Å²) in [5, 5.41) is 3.81. The fraction of sp³-hybridized carbons (Fsp3) is 0.214. The lowest BCUT2D eigenvalue weighted by Gasteiger charge is -2.17. The molecule has 0 aliphatic rings. The van der Waals surface area contributed by atoms with Crippen LogP contribution in [0.4, 0.5) is 4.39 Å².